The third-order valence-corrected chi connectivity index (χ3v) is 4.77. The number of benzene rings is 1. The zero-order chi connectivity index (χ0) is 20.6. The van der Waals surface area contributed by atoms with Crippen LogP contribution >= 0.6 is 0 Å². The van der Waals surface area contributed by atoms with Crippen molar-refractivity contribution in [1.82, 2.24) is 19.7 Å². The smallest absolute Gasteiger partial charge is 0.349 e. The van der Waals surface area contributed by atoms with Crippen molar-refractivity contribution in [2.75, 3.05) is 5.73 Å². The zero-order valence-electron chi connectivity index (χ0n) is 16.3. The van der Waals surface area contributed by atoms with E-state index in [-0.39, 0.29) is 17.3 Å². The van der Waals surface area contributed by atoms with E-state index in [1.807, 2.05) is 45.9 Å². The molecule has 0 saturated heterocycles. The van der Waals surface area contributed by atoms with Crippen molar-refractivity contribution in [1.29, 1.82) is 0 Å². The molecule has 0 spiro atoms. The van der Waals surface area contributed by atoms with Gasteiger partial charge < -0.3 is 10.7 Å². The summed E-state index contributed by atoms with van der Waals surface area (Å²) in [6.07, 6.45) is 2.38. The Morgan fingerprint density at radius 3 is 2.32 bits per heavy atom. The third-order valence-electron chi connectivity index (χ3n) is 4.77. The van der Waals surface area contributed by atoms with Gasteiger partial charge in [-0.25, -0.2) is 4.79 Å². The van der Waals surface area contributed by atoms with Gasteiger partial charge in [0.15, 0.2) is 0 Å². The molecule has 3 aromatic rings. The predicted molar refractivity (Wildman–Crippen MR) is 108 cm³/mol. The molecule has 4 N–H and O–H groups in total. The van der Waals surface area contributed by atoms with E-state index in [9.17, 15) is 14.4 Å². The maximum absolute atomic E-state index is 12.1. The average molecular weight is 381 g/mol. The van der Waals surface area contributed by atoms with E-state index in [1.165, 1.54) is 0 Å². The van der Waals surface area contributed by atoms with Gasteiger partial charge in [0.1, 0.15) is 0 Å². The van der Waals surface area contributed by atoms with Crippen molar-refractivity contribution >= 4 is 5.82 Å². The molecule has 8 nitrogen and oxygen atoms in total. The fourth-order valence-electron chi connectivity index (χ4n) is 3.24. The number of aryl methyl sites for hydroxylation is 2. The number of H-pyrrole nitrogens is 2. The Morgan fingerprint density at radius 2 is 1.71 bits per heavy atom. The van der Waals surface area contributed by atoms with Crippen LogP contribution in [0.25, 0.3) is 5.69 Å². The van der Waals surface area contributed by atoms with Gasteiger partial charge in [-0.3, -0.25) is 14.6 Å². The molecule has 1 aromatic carbocycles. The van der Waals surface area contributed by atoms with Crippen LogP contribution in [0.15, 0.2) is 38.8 Å². The topological polar surface area (TPSA) is 127 Å². The van der Waals surface area contributed by atoms with Gasteiger partial charge in [0.05, 0.1) is 5.69 Å². The van der Waals surface area contributed by atoms with E-state index < -0.39 is 11.2 Å². The summed E-state index contributed by atoms with van der Waals surface area (Å²) in [5, 5.41) is 3.88. The summed E-state index contributed by atoms with van der Waals surface area (Å²) in [6, 6.07) is 5.58. The fraction of sp³-hybridized carbons (Fsp3) is 0.300. The molecule has 28 heavy (non-hydrogen) atoms. The SMILES string of the molecule is Cc1cc(-n2nc(N)c(=O)[nH]c2=O)cc(C)c1Cc1c[nH]c(=O)c(C(C)C)c1. The molecule has 0 aliphatic rings. The second-order valence-corrected chi connectivity index (χ2v) is 7.24. The number of hydrogen-bond donors (Lipinski definition) is 3. The number of aromatic amines is 2. The molecule has 0 fully saturated rings. The van der Waals surface area contributed by atoms with Gasteiger partial charge in [-0.2, -0.15) is 4.68 Å². The molecule has 0 aliphatic carbocycles. The predicted octanol–water partition coefficient (Wildman–Crippen LogP) is 1.52. The lowest BCUT2D eigenvalue weighted by atomic mass is 9.94. The molecule has 0 atom stereocenters. The minimum Gasteiger partial charge on any atom is -0.378 e. The summed E-state index contributed by atoms with van der Waals surface area (Å²) >= 11 is 0. The summed E-state index contributed by atoms with van der Waals surface area (Å²) in [4.78, 5) is 40.4. The van der Waals surface area contributed by atoms with Crippen molar-refractivity contribution < 1.29 is 0 Å². The Bertz CT molecular complexity index is 1190. The van der Waals surface area contributed by atoms with Crippen LogP contribution in [-0.2, 0) is 6.42 Å². The lowest BCUT2D eigenvalue weighted by molar-refractivity contribution is 0.756. The second kappa shape index (κ2) is 7.30. The first kappa shape index (κ1) is 19.3. The molecule has 8 heteroatoms. The first-order valence-electron chi connectivity index (χ1n) is 8.98. The second-order valence-electron chi connectivity index (χ2n) is 7.24. The average Bonchev–Trinajstić information content (AvgIpc) is 2.62. The molecule has 0 amide bonds. The Balaban J connectivity index is 2.03. The van der Waals surface area contributed by atoms with Crippen LogP contribution in [0.4, 0.5) is 5.82 Å². The minimum absolute atomic E-state index is 0.0661. The van der Waals surface area contributed by atoms with Crippen molar-refractivity contribution in [3.05, 3.63) is 83.4 Å². The van der Waals surface area contributed by atoms with E-state index in [0.717, 1.165) is 32.5 Å². The van der Waals surface area contributed by atoms with Gasteiger partial charge >= 0.3 is 5.69 Å². The maximum Gasteiger partial charge on any atom is 0.349 e. The normalized spacial score (nSPS) is 11.2. The number of pyridine rings is 1. The Labute approximate surface area is 161 Å². The van der Waals surface area contributed by atoms with Gasteiger partial charge in [-0.05, 0) is 66.6 Å². The quantitative estimate of drug-likeness (QED) is 0.631. The number of rotatable bonds is 4. The summed E-state index contributed by atoms with van der Waals surface area (Å²) < 4.78 is 1.08. The van der Waals surface area contributed by atoms with Crippen molar-refractivity contribution in [3.63, 3.8) is 0 Å². The monoisotopic (exact) mass is 381 g/mol. The van der Waals surface area contributed by atoms with Gasteiger partial charge in [0, 0.05) is 11.8 Å². The highest BCUT2D eigenvalue weighted by Crippen LogP contribution is 2.22. The third kappa shape index (κ3) is 3.66. The highest BCUT2D eigenvalue weighted by Gasteiger charge is 2.12. The van der Waals surface area contributed by atoms with Crippen molar-refractivity contribution in [2.45, 2.75) is 40.0 Å². The summed E-state index contributed by atoms with van der Waals surface area (Å²) in [5.74, 6) is -0.134. The number of hydrogen-bond acceptors (Lipinski definition) is 5. The van der Waals surface area contributed by atoms with Crippen LogP contribution in [0.1, 0.15) is 47.6 Å². The first-order chi connectivity index (χ1) is 13.2. The molecule has 2 heterocycles. The van der Waals surface area contributed by atoms with Crippen LogP contribution in [0.2, 0.25) is 0 Å². The van der Waals surface area contributed by atoms with Gasteiger partial charge in [-0.15, -0.1) is 5.10 Å². The van der Waals surface area contributed by atoms with E-state index >= 15 is 0 Å². The molecule has 146 valence electrons. The molecule has 0 saturated carbocycles. The minimum atomic E-state index is -0.703. The summed E-state index contributed by atoms with van der Waals surface area (Å²) in [7, 11) is 0. The summed E-state index contributed by atoms with van der Waals surface area (Å²) in [6.45, 7) is 7.86. The van der Waals surface area contributed by atoms with E-state index in [0.29, 0.717) is 12.1 Å². The van der Waals surface area contributed by atoms with E-state index in [4.69, 9.17) is 5.73 Å². The molecular formula is C20H23N5O3. The molecule has 2 aromatic heterocycles. The van der Waals surface area contributed by atoms with Gasteiger partial charge in [-0.1, -0.05) is 13.8 Å². The van der Waals surface area contributed by atoms with Crippen molar-refractivity contribution in [3.8, 4) is 5.69 Å². The fourth-order valence-corrected chi connectivity index (χ4v) is 3.24. The Kier molecular flexibility index (Phi) is 5.04. The number of anilines is 1. The molecule has 0 unspecified atom stereocenters. The maximum atomic E-state index is 12.1. The van der Waals surface area contributed by atoms with E-state index in [2.05, 4.69) is 15.1 Å². The molecule has 0 aliphatic heterocycles. The molecule has 0 radical (unpaired) electrons. The van der Waals surface area contributed by atoms with Crippen LogP contribution in [0.3, 0.4) is 0 Å². The highest BCUT2D eigenvalue weighted by atomic mass is 16.2. The lowest BCUT2D eigenvalue weighted by Crippen LogP contribution is -2.33. The van der Waals surface area contributed by atoms with Gasteiger partial charge in [0.25, 0.3) is 11.1 Å². The number of nitrogen functional groups attached to an aromatic ring is 1. The molecular weight excluding hydrogens is 358 g/mol. The standard InChI is InChI=1S/C20H23N5O3/c1-10(2)15-7-13(9-22-18(15)26)8-16-11(3)5-14(6-12(16)4)25-20(28)23-19(27)17(21)24-25/h5-7,9-10H,8H2,1-4H3,(H2,21,24)(H,22,26)(H,23,27,28). The van der Waals surface area contributed by atoms with Crippen LogP contribution < -0.4 is 22.5 Å². The Morgan fingerprint density at radius 1 is 1.07 bits per heavy atom. The molecule has 3 rings (SSSR count). The summed E-state index contributed by atoms with van der Waals surface area (Å²) in [5.41, 5.74) is 9.43. The number of nitrogens with one attached hydrogen (secondary N) is 2. The first-order valence-corrected chi connectivity index (χ1v) is 8.98. The largest absolute Gasteiger partial charge is 0.378 e. The number of nitrogens with two attached hydrogens (primary N) is 1. The molecule has 0 bridgehead atoms. The van der Waals surface area contributed by atoms with Crippen LogP contribution in [0.5, 0.6) is 0 Å². The van der Waals surface area contributed by atoms with Gasteiger partial charge in [0.2, 0.25) is 5.82 Å². The van der Waals surface area contributed by atoms with Crippen LogP contribution in [-0.4, -0.2) is 19.7 Å². The van der Waals surface area contributed by atoms with Crippen LogP contribution in [0, 0.1) is 13.8 Å². The Hall–Kier alpha value is -3.42. The number of nitrogens with zero attached hydrogens (tertiary/aromatic N) is 2. The zero-order valence-corrected chi connectivity index (χ0v) is 16.3. The number of aromatic nitrogens is 4. The van der Waals surface area contributed by atoms with E-state index in [1.54, 1.807) is 6.20 Å². The highest BCUT2D eigenvalue weighted by molar-refractivity contribution is 5.47. The van der Waals surface area contributed by atoms with Crippen molar-refractivity contribution in [2.24, 2.45) is 0 Å². The lowest BCUT2D eigenvalue weighted by Gasteiger charge is -2.14.